The number of aryl methyl sites for hydroxylation is 3. The van der Waals surface area contributed by atoms with Gasteiger partial charge in [0, 0.05) is 18.3 Å². The highest BCUT2D eigenvalue weighted by Crippen LogP contribution is 2.21. The molecule has 5 nitrogen and oxygen atoms in total. The minimum absolute atomic E-state index is 0.0526. The van der Waals surface area contributed by atoms with Crippen LogP contribution < -0.4 is 10.2 Å². The van der Waals surface area contributed by atoms with Gasteiger partial charge in [0.25, 0.3) is 11.8 Å². The fourth-order valence-corrected chi connectivity index (χ4v) is 3.60. The Balaban J connectivity index is 1.95. The van der Waals surface area contributed by atoms with Crippen molar-refractivity contribution in [2.45, 2.75) is 47.2 Å². The van der Waals surface area contributed by atoms with E-state index in [1.165, 1.54) is 5.56 Å². The molecule has 0 fully saturated rings. The first-order valence-corrected chi connectivity index (χ1v) is 10.2. The number of nitrogens with one attached hydrogen (secondary N) is 2. The van der Waals surface area contributed by atoms with Gasteiger partial charge in [0.15, 0.2) is 13.1 Å². The Hall–Kier alpha value is -2.66. The molecule has 0 aliphatic heterocycles. The zero-order chi connectivity index (χ0) is 21.6. The highest BCUT2D eigenvalue weighted by molar-refractivity contribution is 5.93. The van der Waals surface area contributed by atoms with E-state index < -0.39 is 0 Å². The number of hydrogen-bond donors (Lipinski definition) is 2. The number of carbonyl (C=O) groups is 2. The van der Waals surface area contributed by atoms with Gasteiger partial charge in [0.05, 0.1) is 7.05 Å². The second-order valence-electron chi connectivity index (χ2n) is 8.23. The molecule has 0 spiro atoms. The average Bonchev–Trinajstić information content (AvgIpc) is 2.63. The summed E-state index contributed by atoms with van der Waals surface area (Å²) in [5.41, 5.74) is 5.26. The molecular weight excluding hydrogens is 362 g/mol. The van der Waals surface area contributed by atoms with E-state index in [0.717, 1.165) is 27.3 Å². The quantitative estimate of drug-likeness (QED) is 0.720. The van der Waals surface area contributed by atoms with E-state index in [1.807, 2.05) is 76.9 Å². The summed E-state index contributed by atoms with van der Waals surface area (Å²) in [5, 5.41) is 3.02. The zero-order valence-corrected chi connectivity index (χ0v) is 18.5. The molecule has 2 aromatic rings. The molecule has 0 aromatic heterocycles. The van der Waals surface area contributed by atoms with Crippen LogP contribution in [0.5, 0.6) is 0 Å². The SMILES string of the molecule is Cc1cc(C)c(NC(=O)C[NH+](C)CC(=O)N(Cc2ccccc2)C(C)C)c(C)c1. The lowest BCUT2D eigenvalue weighted by atomic mass is 10.1. The number of amides is 2. The molecule has 0 saturated carbocycles. The summed E-state index contributed by atoms with van der Waals surface area (Å²) in [6.07, 6.45) is 0. The van der Waals surface area contributed by atoms with Crippen LogP contribution in [-0.2, 0) is 16.1 Å². The monoisotopic (exact) mass is 396 g/mol. The van der Waals surface area contributed by atoms with E-state index in [2.05, 4.69) is 17.4 Å². The molecule has 2 aromatic carbocycles. The molecular formula is C24H34N3O2+. The van der Waals surface area contributed by atoms with E-state index in [9.17, 15) is 9.59 Å². The van der Waals surface area contributed by atoms with Crippen molar-refractivity contribution in [2.24, 2.45) is 0 Å². The first-order valence-electron chi connectivity index (χ1n) is 10.2. The van der Waals surface area contributed by atoms with E-state index in [0.29, 0.717) is 6.54 Å². The number of anilines is 1. The smallest absolute Gasteiger partial charge is 0.279 e. The zero-order valence-electron chi connectivity index (χ0n) is 18.5. The van der Waals surface area contributed by atoms with Crippen molar-refractivity contribution in [1.29, 1.82) is 0 Å². The highest BCUT2D eigenvalue weighted by Gasteiger charge is 2.22. The molecule has 1 atom stereocenters. The van der Waals surface area contributed by atoms with Gasteiger partial charge in [0.1, 0.15) is 0 Å². The molecule has 2 rings (SSSR count). The Kier molecular flexibility index (Phi) is 7.97. The summed E-state index contributed by atoms with van der Waals surface area (Å²) >= 11 is 0. The first kappa shape index (κ1) is 22.6. The number of likely N-dealkylation sites (N-methyl/N-ethyl adjacent to an activating group) is 1. The number of benzene rings is 2. The fourth-order valence-electron chi connectivity index (χ4n) is 3.60. The van der Waals surface area contributed by atoms with Crippen LogP contribution >= 0.6 is 0 Å². The molecule has 0 aliphatic rings. The van der Waals surface area contributed by atoms with Crippen molar-refractivity contribution in [2.75, 3.05) is 25.5 Å². The van der Waals surface area contributed by atoms with Crippen molar-refractivity contribution in [3.05, 3.63) is 64.7 Å². The number of carbonyl (C=O) groups excluding carboxylic acids is 2. The minimum Gasteiger partial charge on any atom is -0.331 e. The third kappa shape index (κ3) is 6.71. The van der Waals surface area contributed by atoms with E-state index in [1.54, 1.807) is 0 Å². The molecule has 1 unspecified atom stereocenters. The number of nitrogens with zero attached hydrogens (tertiary/aromatic N) is 1. The lowest BCUT2D eigenvalue weighted by Gasteiger charge is -2.27. The maximum atomic E-state index is 12.9. The highest BCUT2D eigenvalue weighted by atomic mass is 16.2. The lowest BCUT2D eigenvalue weighted by molar-refractivity contribution is -0.862. The van der Waals surface area contributed by atoms with Gasteiger partial charge in [0.2, 0.25) is 0 Å². The first-order chi connectivity index (χ1) is 13.7. The van der Waals surface area contributed by atoms with Crippen LogP contribution in [0.4, 0.5) is 5.69 Å². The van der Waals surface area contributed by atoms with Gasteiger partial charge >= 0.3 is 0 Å². The number of quaternary nitrogens is 1. The maximum Gasteiger partial charge on any atom is 0.279 e. The van der Waals surface area contributed by atoms with Crippen molar-refractivity contribution in [1.82, 2.24) is 4.90 Å². The molecule has 2 N–H and O–H groups in total. The van der Waals surface area contributed by atoms with Crippen molar-refractivity contribution < 1.29 is 14.5 Å². The van der Waals surface area contributed by atoms with Crippen LogP contribution in [0.25, 0.3) is 0 Å². The molecule has 0 bridgehead atoms. The van der Waals surface area contributed by atoms with Crippen molar-refractivity contribution in [3.63, 3.8) is 0 Å². The Morgan fingerprint density at radius 1 is 1.00 bits per heavy atom. The maximum absolute atomic E-state index is 12.9. The van der Waals surface area contributed by atoms with Crippen LogP contribution in [0.3, 0.4) is 0 Å². The van der Waals surface area contributed by atoms with Crippen LogP contribution in [-0.4, -0.2) is 42.9 Å². The van der Waals surface area contributed by atoms with Gasteiger partial charge < -0.3 is 15.1 Å². The second kappa shape index (κ2) is 10.2. The van der Waals surface area contributed by atoms with Crippen molar-refractivity contribution >= 4 is 17.5 Å². The summed E-state index contributed by atoms with van der Waals surface area (Å²) in [6, 6.07) is 14.2. The summed E-state index contributed by atoms with van der Waals surface area (Å²) in [4.78, 5) is 28.1. The largest absolute Gasteiger partial charge is 0.331 e. The Morgan fingerprint density at radius 3 is 2.14 bits per heavy atom. The molecule has 0 heterocycles. The summed E-state index contributed by atoms with van der Waals surface area (Å²) < 4.78 is 0. The van der Waals surface area contributed by atoms with E-state index in [4.69, 9.17) is 0 Å². The van der Waals surface area contributed by atoms with Gasteiger partial charge in [-0.3, -0.25) is 9.59 Å². The number of hydrogen-bond acceptors (Lipinski definition) is 2. The lowest BCUT2D eigenvalue weighted by Crippen LogP contribution is -3.11. The Labute approximate surface area is 174 Å². The summed E-state index contributed by atoms with van der Waals surface area (Å²) in [6.45, 7) is 11.2. The molecule has 0 aliphatic carbocycles. The van der Waals surface area contributed by atoms with Crippen LogP contribution in [0.1, 0.15) is 36.1 Å². The Morgan fingerprint density at radius 2 is 1.59 bits per heavy atom. The van der Waals surface area contributed by atoms with Gasteiger partial charge in [-0.15, -0.1) is 0 Å². The predicted molar refractivity (Wildman–Crippen MR) is 118 cm³/mol. The van der Waals surface area contributed by atoms with Crippen LogP contribution in [0.2, 0.25) is 0 Å². The summed E-state index contributed by atoms with van der Waals surface area (Å²) in [7, 11) is 1.88. The van der Waals surface area contributed by atoms with Crippen molar-refractivity contribution in [3.8, 4) is 0 Å². The fraction of sp³-hybridized carbons (Fsp3) is 0.417. The average molecular weight is 397 g/mol. The van der Waals surface area contributed by atoms with E-state index in [-0.39, 0.29) is 30.9 Å². The molecule has 0 saturated heterocycles. The van der Waals surface area contributed by atoms with E-state index >= 15 is 0 Å². The normalized spacial score (nSPS) is 12.0. The molecule has 0 radical (unpaired) electrons. The van der Waals surface area contributed by atoms with Gasteiger partial charge in [-0.05, 0) is 51.3 Å². The second-order valence-corrected chi connectivity index (χ2v) is 8.23. The number of rotatable bonds is 8. The molecule has 2 amide bonds. The van der Waals surface area contributed by atoms with Gasteiger partial charge in [-0.25, -0.2) is 0 Å². The molecule has 5 heteroatoms. The third-order valence-electron chi connectivity index (χ3n) is 5.00. The van der Waals surface area contributed by atoms with Gasteiger partial charge in [-0.1, -0.05) is 48.0 Å². The third-order valence-corrected chi connectivity index (χ3v) is 5.00. The topological polar surface area (TPSA) is 53.9 Å². The standard InChI is InChI=1S/C24H33N3O2/c1-17(2)27(14-21-10-8-7-9-11-21)23(29)16-26(6)15-22(28)25-24-19(4)12-18(3)13-20(24)5/h7-13,17H,14-16H2,1-6H3,(H,25,28)/p+1. The predicted octanol–water partition coefficient (Wildman–Crippen LogP) is 2.50. The Bertz CT molecular complexity index is 823. The van der Waals surface area contributed by atoms with Gasteiger partial charge in [-0.2, -0.15) is 0 Å². The minimum atomic E-state index is -0.0792. The van der Waals surface area contributed by atoms with Crippen LogP contribution in [0, 0.1) is 20.8 Å². The summed E-state index contributed by atoms with van der Waals surface area (Å²) in [5.74, 6) is -0.0265. The molecule has 29 heavy (non-hydrogen) atoms. The molecule has 156 valence electrons. The van der Waals surface area contributed by atoms with Crippen LogP contribution in [0.15, 0.2) is 42.5 Å².